The van der Waals surface area contributed by atoms with Gasteiger partial charge in [0, 0.05) is 36.6 Å². The van der Waals surface area contributed by atoms with Crippen LogP contribution in [0.5, 0.6) is 5.75 Å². The molecule has 4 rings (SSSR count). The minimum atomic E-state index is -0.228. The summed E-state index contributed by atoms with van der Waals surface area (Å²) in [5.41, 5.74) is 4.30. The van der Waals surface area contributed by atoms with Crippen LogP contribution in [-0.4, -0.2) is 36.1 Å². The molecule has 0 fully saturated rings. The average molecular weight is 334 g/mol. The van der Waals surface area contributed by atoms with Crippen LogP contribution in [0.3, 0.4) is 0 Å². The number of ether oxygens (including phenoxy) is 1. The number of anilines is 1. The van der Waals surface area contributed by atoms with Gasteiger partial charge in [-0.25, -0.2) is 4.98 Å². The van der Waals surface area contributed by atoms with E-state index < -0.39 is 0 Å². The van der Waals surface area contributed by atoms with E-state index in [1.54, 1.807) is 0 Å². The summed E-state index contributed by atoms with van der Waals surface area (Å²) in [5, 5.41) is 2.90. The first-order chi connectivity index (χ1) is 12.1. The standard InChI is InChI=1S/C19H18N4O2/c1-23(2)13-6-7-18-15(9-13)14-8-12(4-3-5-17(14)25-18)22-19(24)16-10-20-11-21-16/h3-11,17H,1-2H3,(H,20,21)(H,22,24). The lowest BCUT2D eigenvalue weighted by Crippen LogP contribution is -2.22. The van der Waals surface area contributed by atoms with Crippen LogP contribution >= 0.6 is 0 Å². The molecule has 1 atom stereocenters. The van der Waals surface area contributed by atoms with E-state index in [1.165, 1.54) is 12.5 Å². The van der Waals surface area contributed by atoms with E-state index in [9.17, 15) is 4.79 Å². The van der Waals surface area contributed by atoms with Crippen LogP contribution in [0.25, 0.3) is 5.57 Å². The number of aromatic amines is 1. The number of carbonyl (C=O) groups excluding carboxylic acids is 1. The number of benzene rings is 1. The number of imidazole rings is 1. The number of hydrogen-bond donors (Lipinski definition) is 2. The van der Waals surface area contributed by atoms with E-state index in [4.69, 9.17) is 4.74 Å². The van der Waals surface area contributed by atoms with Crippen molar-refractivity contribution in [1.82, 2.24) is 15.3 Å². The molecule has 6 nitrogen and oxygen atoms in total. The molecule has 1 unspecified atom stereocenters. The molecule has 6 heteroatoms. The van der Waals surface area contributed by atoms with E-state index in [1.807, 2.05) is 50.5 Å². The van der Waals surface area contributed by atoms with Crippen molar-refractivity contribution < 1.29 is 9.53 Å². The number of H-pyrrole nitrogens is 1. The summed E-state index contributed by atoms with van der Waals surface area (Å²) in [6, 6.07) is 6.13. The van der Waals surface area contributed by atoms with Crippen molar-refractivity contribution in [3.63, 3.8) is 0 Å². The summed E-state index contributed by atoms with van der Waals surface area (Å²) in [6.07, 6.45) is 10.5. The number of nitrogens with one attached hydrogen (secondary N) is 2. The highest BCUT2D eigenvalue weighted by Gasteiger charge is 2.28. The number of hydrogen-bond acceptors (Lipinski definition) is 4. The highest BCUT2D eigenvalue weighted by Crippen LogP contribution is 2.41. The highest BCUT2D eigenvalue weighted by atomic mass is 16.5. The Morgan fingerprint density at radius 3 is 3.00 bits per heavy atom. The third-order valence-corrected chi connectivity index (χ3v) is 4.22. The van der Waals surface area contributed by atoms with Gasteiger partial charge >= 0.3 is 0 Å². The lowest BCUT2D eigenvalue weighted by Gasteiger charge is -2.13. The van der Waals surface area contributed by atoms with E-state index >= 15 is 0 Å². The number of amides is 1. The summed E-state index contributed by atoms with van der Waals surface area (Å²) in [4.78, 5) is 21.0. The zero-order valence-corrected chi connectivity index (χ0v) is 14.0. The Kier molecular flexibility index (Phi) is 3.65. The summed E-state index contributed by atoms with van der Waals surface area (Å²) >= 11 is 0. The van der Waals surface area contributed by atoms with Crippen LogP contribution in [0.1, 0.15) is 16.1 Å². The Morgan fingerprint density at radius 1 is 1.36 bits per heavy atom. The van der Waals surface area contributed by atoms with Crippen LogP contribution in [0.4, 0.5) is 5.69 Å². The van der Waals surface area contributed by atoms with Crippen molar-refractivity contribution in [3.05, 3.63) is 72.0 Å². The molecule has 1 aromatic carbocycles. The third-order valence-electron chi connectivity index (χ3n) is 4.22. The second-order valence-electron chi connectivity index (χ2n) is 6.14. The van der Waals surface area contributed by atoms with Gasteiger partial charge in [0.15, 0.2) is 0 Å². The SMILES string of the molecule is CN(C)c1ccc2c(c1)C1=CC(NC(=O)c3cnc[nH]3)=CC=CC1O2. The molecule has 1 aliphatic heterocycles. The Labute approximate surface area is 145 Å². The van der Waals surface area contributed by atoms with Gasteiger partial charge in [0.05, 0.1) is 12.5 Å². The van der Waals surface area contributed by atoms with E-state index in [0.29, 0.717) is 11.4 Å². The monoisotopic (exact) mass is 334 g/mol. The van der Waals surface area contributed by atoms with Gasteiger partial charge < -0.3 is 19.9 Å². The maximum Gasteiger partial charge on any atom is 0.273 e. The minimum absolute atomic E-state index is 0.148. The van der Waals surface area contributed by atoms with Crippen molar-refractivity contribution in [2.75, 3.05) is 19.0 Å². The molecular weight excluding hydrogens is 316 g/mol. The molecule has 1 aromatic heterocycles. The van der Waals surface area contributed by atoms with Crippen LogP contribution in [-0.2, 0) is 0 Å². The summed E-state index contributed by atoms with van der Waals surface area (Å²) in [6.45, 7) is 0. The van der Waals surface area contributed by atoms with Gasteiger partial charge in [0.2, 0.25) is 0 Å². The van der Waals surface area contributed by atoms with Crippen LogP contribution in [0.2, 0.25) is 0 Å². The van der Waals surface area contributed by atoms with E-state index in [2.05, 4.69) is 26.3 Å². The molecule has 1 aliphatic carbocycles. The predicted octanol–water partition coefficient (Wildman–Crippen LogP) is 2.50. The first kappa shape index (κ1) is 15.3. The molecule has 2 aliphatic rings. The molecule has 25 heavy (non-hydrogen) atoms. The second kappa shape index (κ2) is 5.98. The average Bonchev–Trinajstić information content (AvgIpc) is 3.19. The first-order valence-corrected chi connectivity index (χ1v) is 8.00. The van der Waals surface area contributed by atoms with Gasteiger partial charge in [-0.2, -0.15) is 0 Å². The van der Waals surface area contributed by atoms with Gasteiger partial charge in [-0.15, -0.1) is 0 Å². The largest absolute Gasteiger partial charge is 0.481 e. The normalized spacial score (nSPS) is 17.6. The van der Waals surface area contributed by atoms with E-state index in [-0.39, 0.29) is 12.0 Å². The molecule has 0 bridgehead atoms. The van der Waals surface area contributed by atoms with Gasteiger partial charge in [-0.3, -0.25) is 4.79 Å². The topological polar surface area (TPSA) is 70.2 Å². The van der Waals surface area contributed by atoms with Crippen molar-refractivity contribution >= 4 is 17.2 Å². The fraction of sp³-hybridized carbons (Fsp3) is 0.158. The molecule has 2 aromatic rings. The van der Waals surface area contributed by atoms with E-state index in [0.717, 1.165) is 22.6 Å². The molecular formula is C19H18N4O2. The third kappa shape index (κ3) is 2.82. The molecule has 0 radical (unpaired) electrons. The number of fused-ring (bicyclic) bond motifs is 3. The summed E-state index contributed by atoms with van der Waals surface area (Å²) in [7, 11) is 4.01. The van der Waals surface area contributed by atoms with Gasteiger partial charge in [0.25, 0.3) is 5.91 Å². The number of aromatic nitrogens is 2. The zero-order chi connectivity index (χ0) is 17.4. The van der Waals surface area contributed by atoms with Crippen LogP contribution in [0.15, 0.2) is 60.7 Å². The fourth-order valence-electron chi connectivity index (χ4n) is 2.91. The molecule has 0 saturated carbocycles. The minimum Gasteiger partial charge on any atom is -0.481 e. The Morgan fingerprint density at radius 2 is 2.24 bits per heavy atom. The number of rotatable bonds is 3. The smallest absolute Gasteiger partial charge is 0.273 e. The lowest BCUT2D eigenvalue weighted by atomic mass is 10.0. The van der Waals surface area contributed by atoms with Crippen molar-refractivity contribution in [2.24, 2.45) is 0 Å². The Hall–Kier alpha value is -3.28. The second-order valence-corrected chi connectivity index (χ2v) is 6.14. The molecule has 0 spiro atoms. The van der Waals surface area contributed by atoms with Gasteiger partial charge in [-0.05, 0) is 36.4 Å². The van der Waals surface area contributed by atoms with Crippen LogP contribution < -0.4 is 15.0 Å². The van der Waals surface area contributed by atoms with Crippen molar-refractivity contribution in [1.29, 1.82) is 0 Å². The quantitative estimate of drug-likeness (QED) is 0.905. The maximum absolute atomic E-state index is 12.3. The molecule has 0 saturated heterocycles. The summed E-state index contributed by atoms with van der Waals surface area (Å²) in [5.74, 6) is 0.626. The number of nitrogens with zero attached hydrogens (tertiary/aromatic N) is 2. The predicted molar refractivity (Wildman–Crippen MR) is 96.4 cm³/mol. The number of carbonyl (C=O) groups is 1. The Bertz CT molecular complexity index is 908. The van der Waals surface area contributed by atoms with Crippen molar-refractivity contribution in [2.45, 2.75) is 6.10 Å². The molecule has 2 heterocycles. The van der Waals surface area contributed by atoms with Crippen LogP contribution in [0, 0.1) is 0 Å². The van der Waals surface area contributed by atoms with Gasteiger partial charge in [0.1, 0.15) is 17.5 Å². The van der Waals surface area contributed by atoms with Gasteiger partial charge in [-0.1, -0.05) is 6.08 Å². The van der Waals surface area contributed by atoms with Crippen molar-refractivity contribution in [3.8, 4) is 5.75 Å². The number of allylic oxidation sites excluding steroid dienone is 3. The highest BCUT2D eigenvalue weighted by molar-refractivity contribution is 5.94. The first-order valence-electron chi connectivity index (χ1n) is 8.00. The Balaban J connectivity index is 1.67. The molecule has 126 valence electrons. The summed E-state index contributed by atoms with van der Waals surface area (Å²) < 4.78 is 6.02. The molecule has 2 N–H and O–H groups in total. The lowest BCUT2D eigenvalue weighted by molar-refractivity contribution is 0.0963. The molecule has 1 amide bonds. The zero-order valence-electron chi connectivity index (χ0n) is 14.0. The fourth-order valence-corrected chi connectivity index (χ4v) is 2.91. The maximum atomic E-state index is 12.3.